The summed E-state index contributed by atoms with van der Waals surface area (Å²) in [6.07, 6.45) is 1.40. The van der Waals surface area contributed by atoms with Gasteiger partial charge in [-0.05, 0) is 50.1 Å². The third kappa shape index (κ3) is 3.10. The zero-order chi connectivity index (χ0) is 14.0. The second-order valence-corrected chi connectivity index (χ2v) is 5.36. The minimum absolute atomic E-state index is 0.0695. The van der Waals surface area contributed by atoms with Crippen LogP contribution in [0.5, 0.6) is 0 Å². The van der Waals surface area contributed by atoms with Crippen LogP contribution in [0.15, 0.2) is 39.4 Å². The molecule has 2 rings (SSSR count). The molecule has 1 amide bonds. The summed E-state index contributed by atoms with van der Waals surface area (Å²) in [5.74, 6) is -0.929. The van der Waals surface area contributed by atoms with Crippen molar-refractivity contribution < 1.29 is 9.18 Å². The van der Waals surface area contributed by atoms with E-state index >= 15 is 0 Å². The first-order chi connectivity index (χ1) is 8.99. The molecule has 19 heavy (non-hydrogen) atoms. The van der Waals surface area contributed by atoms with E-state index in [4.69, 9.17) is 5.73 Å². The largest absolute Gasteiger partial charge is 0.397 e. The molecule has 0 fully saturated rings. The number of hydrogen-bond acceptors (Lipinski definition) is 3. The number of amides is 1. The van der Waals surface area contributed by atoms with Crippen LogP contribution in [0.25, 0.3) is 0 Å². The Hall–Kier alpha value is -1.47. The summed E-state index contributed by atoms with van der Waals surface area (Å²) >= 11 is 6.25. The number of nitrogen functional groups attached to an aromatic ring is 1. The molecule has 3 N–H and O–H groups in total. The second kappa shape index (κ2) is 5.66. The lowest BCUT2D eigenvalue weighted by Gasteiger charge is -2.08. The van der Waals surface area contributed by atoms with E-state index in [9.17, 15) is 9.18 Å². The Balaban J connectivity index is 2.28. The molecule has 0 unspecified atom stereocenters. The Kier molecular flexibility index (Phi) is 4.16. The molecule has 0 aliphatic rings. The predicted molar refractivity (Wildman–Crippen MR) is 78.4 cm³/mol. The molecule has 1 heterocycles. The minimum atomic E-state index is -0.619. The number of pyridine rings is 1. The molecule has 0 aliphatic heterocycles. The van der Waals surface area contributed by atoms with Gasteiger partial charge in [0, 0.05) is 0 Å². The Bertz CT molecular complexity index is 649. The molecule has 1 aromatic carbocycles. The van der Waals surface area contributed by atoms with E-state index in [1.54, 1.807) is 12.1 Å². The van der Waals surface area contributed by atoms with Crippen molar-refractivity contribution >= 4 is 49.3 Å². The number of nitrogens with zero attached hydrogens (tertiary/aromatic N) is 1. The summed E-state index contributed by atoms with van der Waals surface area (Å²) in [6, 6.07) is 6.08. The van der Waals surface area contributed by atoms with E-state index in [-0.39, 0.29) is 15.9 Å². The maximum atomic E-state index is 13.8. The van der Waals surface area contributed by atoms with Crippen LogP contribution in [0.2, 0.25) is 0 Å². The van der Waals surface area contributed by atoms with E-state index in [1.165, 1.54) is 18.3 Å². The van der Waals surface area contributed by atoms with Gasteiger partial charge in [-0.1, -0.05) is 6.07 Å². The molecule has 0 bridgehead atoms. The van der Waals surface area contributed by atoms with Crippen molar-refractivity contribution in [3.63, 3.8) is 0 Å². The van der Waals surface area contributed by atoms with Crippen LogP contribution in [-0.4, -0.2) is 10.9 Å². The van der Waals surface area contributed by atoms with Gasteiger partial charge in [-0.25, -0.2) is 9.37 Å². The molecule has 0 spiro atoms. The van der Waals surface area contributed by atoms with Gasteiger partial charge in [0.25, 0.3) is 5.91 Å². The summed E-state index contributed by atoms with van der Waals surface area (Å²) in [7, 11) is 0. The van der Waals surface area contributed by atoms with Crippen molar-refractivity contribution in [3.05, 3.63) is 50.8 Å². The van der Waals surface area contributed by atoms with E-state index in [1.807, 2.05) is 0 Å². The predicted octanol–water partition coefficient (Wildman–Crippen LogP) is 3.58. The van der Waals surface area contributed by atoms with Gasteiger partial charge < -0.3 is 11.1 Å². The van der Waals surface area contributed by atoms with Crippen LogP contribution in [0.1, 0.15) is 10.4 Å². The van der Waals surface area contributed by atoms with Crippen molar-refractivity contribution in [2.75, 3.05) is 11.1 Å². The second-order valence-electron chi connectivity index (χ2n) is 3.65. The standard InChI is InChI=1S/C12H8Br2FN3O/c13-8-3-1-2-7(10(8)15)12(19)18-11-9(14)4-6(16)5-17-11/h1-5H,16H2,(H,17,18,19). The van der Waals surface area contributed by atoms with Gasteiger partial charge in [0.15, 0.2) is 0 Å². The monoisotopic (exact) mass is 387 g/mol. The van der Waals surface area contributed by atoms with Gasteiger partial charge in [-0.3, -0.25) is 4.79 Å². The molecule has 0 atom stereocenters. The van der Waals surface area contributed by atoms with Crippen LogP contribution in [0.4, 0.5) is 15.9 Å². The maximum absolute atomic E-state index is 13.8. The van der Waals surface area contributed by atoms with Crippen LogP contribution in [-0.2, 0) is 0 Å². The van der Waals surface area contributed by atoms with Gasteiger partial charge in [-0.2, -0.15) is 0 Å². The normalized spacial score (nSPS) is 10.3. The number of benzene rings is 1. The first-order valence-electron chi connectivity index (χ1n) is 5.15. The van der Waals surface area contributed by atoms with E-state index < -0.39 is 11.7 Å². The van der Waals surface area contributed by atoms with Crippen molar-refractivity contribution in [1.82, 2.24) is 4.98 Å². The molecule has 4 nitrogen and oxygen atoms in total. The SMILES string of the molecule is Nc1cnc(NC(=O)c2cccc(Br)c2F)c(Br)c1. The smallest absolute Gasteiger partial charge is 0.259 e. The number of halogens is 3. The zero-order valence-corrected chi connectivity index (χ0v) is 12.6. The van der Waals surface area contributed by atoms with E-state index in [0.717, 1.165) is 0 Å². The van der Waals surface area contributed by atoms with Gasteiger partial charge in [0.1, 0.15) is 11.6 Å². The quantitative estimate of drug-likeness (QED) is 0.826. The molecule has 0 saturated carbocycles. The number of carbonyl (C=O) groups is 1. The van der Waals surface area contributed by atoms with E-state index in [2.05, 4.69) is 42.2 Å². The van der Waals surface area contributed by atoms with Crippen LogP contribution < -0.4 is 11.1 Å². The minimum Gasteiger partial charge on any atom is -0.397 e. The molecule has 2 aromatic rings. The highest BCUT2D eigenvalue weighted by molar-refractivity contribution is 9.10. The zero-order valence-electron chi connectivity index (χ0n) is 9.45. The number of rotatable bonds is 2. The lowest BCUT2D eigenvalue weighted by molar-refractivity contribution is 0.102. The van der Waals surface area contributed by atoms with Crippen LogP contribution in [0, 0.1) is 5.82 Å². The van der Waals surface area contributed by atoms with Crippen LogP contribution in [0.3, 0.4) is 0 Å². The molecule has 0 radical (unpaired) electrons. The Morgan fingerprint density at radius 2 is 2.05 bits per heavy atom. The van der Waals surface area contributed by atoms with Gasteiger partial charge in [-0.15, -0.1) is 0 Å². The number of anilines is 2. The summed E-state index contributed by atoms with van der Waals surface area (Å²) in [4.78, 5) is 15.9. The van der Waals surface area contributed by atoms with Gasteiger partial charge in [0.2, 0.25) is 0 Å². The fourth-order valence-electron chi connectivity index (χ4n) is 1.40. The number of carbonyl (C=O) groups excluding carboxylic acids is 1. The lowest BCUT2D eigenvalue weighted by atomic mass is 10.2. The summed E-state index contributed by atoms with van der Waals surface area (Å²) in [6.45, 7) is 0. The number of nitrogens with one attached hydrogen (secondary N) is 1. The number of hydrogen-bond donors (Lipinski definition) is 2. The Labute approximate surface area is 125 Å². The average Bonchev–Trinajstić information content (AvgIpc) is 2.36. The highest BCUT2D eigenvalue weighted by Gasteiger charge is 2.15. The van der Waals surface area contributed by atoms with Crippen LogP contribution >= 0.6 is 31.9 Å². The Morgan fingerprint density at radius 3 is 2.74 bits per heavy atom. The maximum Gasteiger partial charge on any atom is 0.259 e. The Morgan fingerprint density at radius 1 is 1.32 bits per heavy atom. The average molecular weight is 389 g/mol. The topological polar surface area (TPSA) is 68.0 Å². The molecule has 98 valence electrons. The molecule has 0 aliphatic carbocycles. The highest BCUT2D eigenvalue weighted by atomic mass is 79.9. The molecule has 0 saturated heterocycles. The third-order valence-electron chi connectivity index (χ3n) is 2.29. The molecule has 1 aromatic heterocycles. The summed E-state index contributed by atoms with van der Waals surface area (Å²) < 4.78 is 14.5. The number of nitrogens with two attached hydrogens (primary N) is 1. The van der Waals surface area contributed by atoms with Gasteiger partial charge in [0.05, 0.1) is 26.4 Å². The van der Waals surface area contributed by atoms with Crippen molar-refractivity contribution in [2.45, 2.75) is 0 Å². The third-order valence-corrected chi connectivity index (χ3v) is 3.51. The molecular formula is C12H8Br2FN3O. The van der Waals surface area contributed by atoms with Crippen molar-refractivity contribution in [3.8, 4) is 0 Å². The number of aromatic nitrogens is 1. The van der Waals surface area contributed by atoms with Crippen molar-refractivity contribution in [1.29, 1.82) is 0 Å². The summed E-state index contributed by atoms with van der Waals surface area (Å²) in [5.41, 5.74) is 5.93. The highest BCUT2D eigenvalue weighted by Crippen LogP contribution is 2.24. The molecule has 7 heteroatoms. The summed E-state index contributed by atoms with van der Waals surface area (Å²) in [5, 5.41) is 2.51. The van der Waals surface area contributed by atoms with Crippen molar-refractivity contribution in [2.24, 2.45) is 0 Å². The molecular weight excluding hydrogens is 381 g/mol. The fraction of sp³-hybridized carbons (Fsp3) is 0. The fourth-order valence-corrected chi connectivity index (χ4v) is 2.23. The first-order valence-corrected chi connectivity index (χ1v) is 6.74. The lowest BCUT2D eigenvalue weighted by Crippen LogP contribution is -2.15. The van der Waals surface area contributed by atoms with E-state index in [0.29, 0.717) is 10.2 Å². The van der Waals surface area contributed by atoms with Gasteiger partial charge >= 0.3 is 0 Å². The first kappa shape index (κ1) is 14.0.